The highest BCUT2D eigenvalue weighted by Crippen LogP contribution is 2.41. The number of rotatable bonds is 5. The van der Waals surface area contributed by atoms with Gasteiger partial charge in [0.1, 0.15) is 0 Å². The van der Waals surface area contributed by atoms with Gasteiger partial charge in [-0.05, 0) is 41.3 Å². The van der Waals surface area contributed by atoms with Gasteiger partial charge in [0.25, 0.3) is 0 Å². The van der Waals surface area contributed by atoms with Crippen molar-refractivity contribution in [1.82, 2.24) is 19.4 Å². The molecule has 0 radical (unpaired) electrons. The average molecular weight is 364 g/mol. The van der Waals surface area contributed by atoms with Crippen molar-refractivity contribution in [3.05, 3.63) is 71.6 Å². The lowest BCUT2D eigenvalue weighted by Gasteiger charge is -2.38. The molecule has 0 saturated heterocycles. The first kappa shape index (κ1) is 17.5. The number of fused-ring (bicyclic) bond motifs is 1. The quantitative estimate of drug-likeness (QED) is 0.697. The number of pyridine rings is 1. The van der Waals surface area contributed by atoms with E-state index >= 15 is 0 Å². The van der Waals surface area contributed by atoms with Gasteiger partial charge in [0, 0.05) is 38.7 Å². The molecule has 1 atom stereocenters. The monoisotopic (exact) mass is 364 g/mol. The molecule has 27 heavy (non-hydrogen) atoms. The van der Waals surface area contributed by atoms with Crippen LogP contribution in [0.1, 0.15) is 28.4 Å². The van der Waals surface area contributed by atoms with Crippen molar-refractivity contribution >= 4 is 0 Å². The fourth-order valence-electron chi connectivity index (χ4n) is 3.84. The molecule has 1 aliphatic rings. The predicted molar refractivity (Wildman–Crippen MR) is 103 cm³/mol. The van der Waals surface area contributed by atoms with Crippen LogP contribution in [0.5, 0.6) is 11.5 Å². The Morgan fingerprint density at radius 1 is 1.11 bits per heavy atom. The van der Waals surface area contributed by atoms with E-state index in [4.69, 9.17) is 9.47 Å². The van der Waals surface area contributed by atoms with Crippen LogP contribution >= 0.6 is 0 Å². The minimum Gasteiger partial charge on any atom is -0.493 e. The van der Waals surface area contributed by atoms with Crippen molar-refractivity contribution < 1.29 is 9.47 Å². The molecule has 6 heteroatoms. The van der Waals surface area contributed by atoms with E-state index in [1.54, 1.807) is 14.2 Å². The van der Waals surface area contributed by atoms with Crippen LogP contribution in [0.4, 0.5) is 0 Å². The minimum atomic E-state index is 0.108. The van der Waals surface area contributed by atoms with Crippen LogP contribution in [0.3, 0.4) is 0 Å². The molecular weight excluding hydrogens is 340 g/mol. The SMILES string of the molecule is COc1cc2c(cc1OC)[C@@H](c1cccnc1)N(Cc1cncn1C)CC2. The maximum Gasteiger partial charge on any atom is 0.161 e. The number of aryl methyl sites for hydroxylation is 1. The number of hydrogen-bond donors (Lipinski definition) is 0. The molecule has 0 spiro atoms. The van der Waals surface area contributed by atoms with Crippen molar-refractivity contribution in [1.29, 1.82) is 0 Å². The van der Waals surface area contributed by atoms with Crippen LogP contribution in [0.15, 0.2) is 49.2 Å². The van der Waals surface area contributed by atoms with Gasteiger partial charge < -0.3 is 14.0 Å². The number of hydrogen-bond acceptors (Lipinski definition) is 5. The summed E-state index contributed by atoms with van der Waals surface area (Å²) in [6, 6.07) is 8.46. The fraction of sp³-hybridized carbons (Fsp3) is 0.333. The molecule has 2 aromatic heterocycles. The fourth-order valence-corrected chi connectivity index (χ4v) is 3.84. The Kier molecular flexibility index (Phi) is 4.81. The van der Waals surface area contributed by atoms with Crippen LogP contribution in [-0.4, -0.2) is 40.2 Å². The molecule has 0 fully saturated rings. The van der Waals surface area contributed by atoms with E-state index in [2.05, 4.69) is 37.6 Å². The number of benzene rings is 1. The van der Waals surface area contributed by atoms with E-state index < -0.39 is 0 Å². The van der Waals surface area contributed by atoms with Crippen LogP contribution < -0.4 is 9.47 Å². The molecule has 6 nitrogen and oxygen atoms in total. The lowest BCUT2D eigenvalue weighted by Crippen LogP contribution is -2.36. The van der Waals surface area contributed by atoms with Gasteiger partial charge in [-0.1, -0.05) is 6.07 Å². The van der Waals surface area contributed by atoms with Crippen molar-refractivity contribution in [3.63, 3.8) is 0 Å². The summed E-state index contributed by atoms with van der Waals surface area (Å²) in [4.78, 5) is 11.1. The topological polar surface area (TPSA) is 52.4 Å². The van der Waals surface area contributed by atoms with E-state index in [1.165, 1.54) is 22.4 Å². The second-order valence-corrected chi connectivity index (χ2v) is 6.81. The summed E-state index contributed by atoms with van der Waals surface area (Å²) in [6.45, 7) is 1.77. The zero-order valence-electron chi connectivity index (χ0n) is 15.9. The summed E-state index contributed by atoms with van der Waals surface area (Å²) in [5, 5.41) is 0. The summed E-state index contributed by atoms with van der Waals surface area (Å²) >= 11 is 0. The molecule has 3 heterocycles. The summed E-state index contributed by atoms with van der Waals surface area (Å²) in [5.74, 6) is 1.54. The molecule has 1 aliphatic heterocycles. The second-order valence-electron chi connectivity index (χ2n) is 6.81. The van der Waals surface area contributed by atoms with Gasteiger partial charge in [-0.25, -0.2) is 4.98 Å². The molecule has 0 unspecified atom stereocenters. The Bertz CT molecular complexity index is 923. The number of aromatic nitrogens is 3. The van der Waals surface area contributed by atoms with Gasteiger partial charge in [-0.2, -0.15) is 0 Å². The highest BCUT2D eigenvalue weighted by Gasteiger charge is 2.31. The van der Waals surface area contributed by atoms with Crippen LogP contribution in [0.2, 0.25) is 0 Å². The largest absolute Gasteiger partial charge is 0.493 e. The molecular formula is C21H24N4O2. The van der Waals surface area contributed by atoms with Crippen molar-refractivity contribution in [2.45, 2.75) is 19.0 Å². The van der Waals surface area contributed by atoms with Crippen LogP contribution in [0, 0.1) is 0 Å². The van der Waals surface area contributed by atoms with E-state index in [1.807, 2.05) is 38.0 Å². The third kappa shape index (κ3) is 3.28. The third-order valence-electron chi connectivity index (χ3n) is 5.26. The normalized spacial score (nSPS) is 16.8. The van der Waals surface area contributed by atoms with E-state index in [0.717, 1.165) is 31.0 Å². The summed E-state index contributed by atoms with van der Waals surface area (Å²) in [5.41, 5.74) is 4.90. The highest BCUT2D eigenvalue weighted by atomic mass is 16.5. The first-order valence-corrected chi connectivity index (χ1v) is 9.05. The van der Waals surface area contributed by atoms with Gasteiger partial charge in [0.05, 0.1) is 32.3 Å². The van der Waals surface area contributed by atoms with Crippen LogP contribution in [-0.2, 0) is 20.0 Å². The standard InChI is InChI=1S/C21H24N4O2/c1-24-14-23-12-17(24)13-25-8-6-15-9-19(26-2)20(27-3)10-18(15)21(25)16-5-4-7-22-11-16/h4-5,7,9-12,14,21H,6,8,13H2,1-3H3/t21-/m1/s1. The van der Waals surface area contributed by atoms with E-state index in [9.17, 15) is 0 Å². The maximum absolute atomic E-state index is 5.57. The molecule has 0 bridgehead atoms. The van der Waals surface area contributed by atoms with Crippen molar-refractivity contribution in [2.75, 3.05) is 20.8 Å². The molecule has 0 N–H and O–H groups in total. The summed E-state index contributed by atoms with van der Waals surface area (Å²) < 4.78 is 13.2. The summed E-state index contributed by atoms with van der Waals surface area (Å²) in [6.07, 6.45) is 8.51. The van der Waals surface area contributed by atoms with E-state index in [0.29, 0.717) is 0 Å². The number of nitrogens with zero attached hydrogens (tertiary/aromatic N) is 4. The molecule has 0 amide bonds. The lowest BCUT2D eigenvalue weighted by atomic mass is 9.88. The van der Waals surface area contributed by atoms with Crippen LogP contribution in [0.25, 0.3) is 0 Å². The smallest absolute Gasteiger partial charge is 0.161 e. The average Bonchev–Trinajstić information content (AvgIpc) is 3.11. The number of ether oxygens (including phenoxy) is 2. The Balaban J connectivity index is 1.80. The summed E-state index contributed by atoms with van der Waals surface area (Å²) in [7, 11) is 5.40. The van der Waals surface area contributed by atoms with Crippen molar-refractivity contribution in [2.24, 2.45) is 7.05 Å². The predicted octanol–water partition coefficient (Wildman–Crippen LogP) is 2.98. The zero-order valence-corrected chi connectivity index (χ0v) is 15.9. The zero-order chi connectivity index (χ0) is 18.8. The van der Waals surface area contributed by atoms with Gasteiger partial charge >= 0.3 is 0 Å². The highest BCUT2D eigenvalue weighted by molar-refractivity contribution is 5.51. The second kappa shape index (κ2) is 7.40. The Hall–Kier alpha value is -2.86. The Morgan fingerprint density at radius 3 is 2.59 bits per heavy atom. The Morgan fingerprint density at radius 2 is 1.93 bits per heavy atom. The lowest BCUT2D eigenvalue weighted by molar-refractivity contribution is 0.199. The van der Waals surface area contributed by atoms with Gasteiger partial charge in [0.15, 0.2) is 11.5 Å². The molecule has 4 rings (SSSR count). The third-order valence-corrected chi connectivity index (χ3v) is 5.26. The first-order chi connectivity index (χ1) is 13.2. The van der Waals surface area contributed by atoms with Crippen molar-refractivity contribution in [3.8, 4) is 11.5 Å². The number of imidazole rings is 1. The number of methoxy groups -OCH3 is 2. The van der Waals surface area contributed by atoms with Gasteiger partial charge in [0.2, 0.25) is 0 Å². The first-order valence-electron chi connectivity index (χ1n) is 9.05. The van der Waals surface area contributed by atoms with Gasteiger partial charge in [-0.3, -0.25) is 9.88 Å². The molecule has 0 aliphatic carbocycles. The Labute approximate surface area is 159 Å². The molecule has 0 saturated carbocycles. The molecule has 140 valence electrons. The van der Waals surface area contributed by atoms with E-state index in [-0.39, 0.29) is 6.04 Å². The maximum atomic E-state index is 5.57. The molecule has 1 aromatic carbocycles. The molecule has 3 aromatic rings. The minimum absolute atomic E-state index is 0.108. The van der Waals surface area contributed by atoms with Gasteiger partial charge in [-0.15, -0.1) is 0 Å².